The van der Waals surface area contributed by atoms with Crippen molar-refractivity contribution in [3.63, 3.8) is 0 Å². The van der Waals surface area contributed by atoms with Crippen LogP contribution in [0.4, 0.5) is 0 Å². The largest absolute Gasteiger partial charge is 0.493 e. The van der Waals surface area contributed by atoms with Crippen LogP contribution < -0.4 is 9.47 Å². The monoisotopic (exact) mass is 194 g/mol. The first-order chi connectivity index (χ1) is 6.80. The fourth-order valence-electron chi connectivity index (χ4n) is 1.90. The Morgan fingerprint density at radius 3 is 2.50 bits per heavy atom. The van der Waals surface area contributed by atoms with E-state index in [1.54, 1.807) is 14.2 Å². The average Bonchev–Trinajstić information content (AvgIpc) is 2.20. The van der Waals surface area contributed by atoms with Crippen LogP contribution >= 0.6 is 0 Å². The Labute approximate surface area is 83.3 Å². The van der Waals surface area contributed by atoms with Crippen LogP contribution in [0.25, 0.3) is 0 Å². The molecule has 0 amide bonds. The number of benzene rings is 1. The van der Waals surface area contributed by atoms with Gasteiger partial charge in [0.25, 0.3) is 0 Å². The molecular formula is C11H14O3. The second-order valence-electron chi connectivity index (χ2n) is 3.49. The van der Waals surface area contributed by atoms with Crippen LogP contribution in [0.15, 0.2) is 12.1 Å². The summed E-state index contributed by atoms with van der Waals surface area (Å²) in [5, 5.41) is 9.05. The second kappa shape index (κ2) is 3.50. The Kier molecular flexibility index (Phi) is 2.33. The SMILES string of the molecule is COc1cc2c(cc1OC)C(CO)C2. The van der Waals surface area contributed by atoms with E-state index in [0.29, 0.717) is 0 Å². The topological polar surface area (TPSA) is 38.7 Å². The van der Waals surface area contributed by atoms with Crippen LogP contribution in [0, 0.1) is 0 Å². The lowest BCUT2D eigenvalue weighted by Crippen LogP contribution is -2.20. The minimum atomic E-state index is 0.211. The summed E-state index contributed by atoms with van der Waals surface area (Å²) >= 11 is 0. The van der Waals surface area contributed by atoms with Crippen LogP contribution in [-0.2, 0) is 6.42 Å². The number of methoxy groups -OCH3 is 2. The van der Waals surface area contributed by atoms with Gasteiger partial charge in [0.05, 0.1) is 20.8 Å². The Morgan fingerprint density at radius 2 is 1.93 bits per heavy atom. The molecular weight excluding hydrogens is 180 g/mol. The molecule has 3 nitrogen and oxygen atoms in total. The smallest absolute Gasteiger partial charge is 0.161 e. The van der Waals surface area contributed by atoms with Crippen molar-refractivity contribution >= 4 is 0 Å². The van der Waals surface area contributed by atoms with E-state index in [0.717, 1.165) is 17.9 Å². The lowest BCUT2D eigenvalue weighted by atomic mass is 9.78. The molecule has 1 aliphatic rings. The Morgan fingerprint density at radius 1 is 1.29 bits per heavy atom. The average molecular weight is 194 g/mol. The summed E-state index contributed by atoms with van der Waals surface area (Å²) in [4.78, 5) is 0. The number of ether oxygens (including phenoxy) is 2. The lowest BCUT2D eigenvalue weighted by molar-refractivity contribution is 0.252. The molecule has 0 bridgehead atoms. The first kappa shape index (κ1) is 9.34. The molecule has 1 aromatic carbocycles. The zero-order chi connectivity index (χ0) is 10.1. The Hall–Kier alpha value is -1.22. The third kappa shape index (κ3) is 1.24. The van der Waals surface area contributed by atoms with Crippen molar-refractivity contribution in [1.82, 2.24) is 0 Å². The van der Waals surface area contributed by atoms with E-state index in [-0.39, 0.29) is 12.5 Å². The Balaban J connectivity index is 2.38. The van der Waals surface area contributed by atoms with Gasteiger partial charge in [-0.05, 0) is 29.7 Å². The van der Waals surface area contributed by atoms with Gasteiger partial charge in [-0.15, -0.1) is 0 Å². The highest BCUT2D eigenvalue weighted by molar-refractivity contribution is 5.53. The molecule has 0 spiro atoms. The molecule has 0 saturated carbocycles. The van der Waals surface area contributed by atoms with Crippen molar-refractivity contribution in [3.8, 4) is 11.5 Å². The molecule has 2 rings (SSSR count). The summed E-state index contributed by atoms with van der Waals surface area (Å²) in [5.74, 6) is 1.79. The van der Waals surface area contributed by atoms with Crippen LogP contribution in [0.5, 0.6) is 11.5 Å². The van der Waals surface area contributed by atoms with Gasteiger partial charge in [-0.3, -0.25) is 0 Å². The van der Waals surface area contributed by atoms with Crippen molar-refractivity contribution in [1.29, 1.82) is 0 Å². The first-order valence-electron chi connectivity index (χ1n) is 4.65. The van der Waals surface area contributed by atoms with Gasteiger partial charge in [0.15, 0.2) is 11.5 Å². The van der Waals surface area contributed by atoms with E-state index in [1.165, 1.54) is 11.1 Å². The minimum Gasteiger partial charge on any atom is -0.493 e. The highest BCUT2D eigenvalue weighted by Gasteiger charge is 2.27. The quantitative estimate of drug-likeness (QED) is 0.789. The maximum absolute atomic E-state index is 9.05. The maximum Gasteiger partial charge on any atom is 0.161 e. The third-order valence-electron chi connectivity index (χ3n) is 2.77. The van der Waals surface area contributed by atoms with Crippen LogP contribution in [-0.4, -0.2) is 25.9 Å². The van der Waals surface area contributed by atoms with Crippen molar-refractivity contribution in [2.24, 2.45) is 0 Å². The predicted octanol–water partition coefficient (Wildman–Crippen LogP) is 1.34. The zero-order valence-electron chi connectivity index (χ0n) is 8.41. The van der Waals surface area contributed by atoms with Gasteiger partial charge in [0, 0.05) is 5.92 Å². The number of rotatable bonds is 3. The van der Waals surface area contributed by atoms with Gasteiger partial charge < -0.3 is 14.6 Å². The summed E-state index contributed by atoms with van der Waals surface area (Å²) in [6, 6.07) is 3.94. The standard InChI is InChI=1S/C11H14O3/c1-13-10-4-7-3-8(6-12)9(7)5-11(10)14-2/h4-5,8,12H,3,6H2,1-2H3. The van der Waals surface area contributed by atoms with E-state index in [9.17, 15) is 0 Å². The highest BCUT2D eigenvalue weighted by atomic mass is 16.5. The Bertz CT molecular complexity index is 347. The fourth-order valence-corrected chi connectivity index (χ4v) is 1.90. The van der Waals surface area contributed by atoms with Crippen LogP contribution in [0.1, 0.15) is 17.0 Å². The van der Waals surface area contributed by atoms with Crippen LogP contribution in [0.2, 0.25) is 0 Å². The molecule has 1 aromatic rings. The normalized spacial score (nSPS) is 18.4. The highest BCUT2D eigenvalue weighted by Crippen LogP contribution is 2.41. The summed E-state index contributed by atoms with van der Waals surface area (Å²) in [7, 11) is 3.25. The molecule has 0 radical (unpaired) electrons. The van der Waals surface area contributed by atoms with Crippen molar-refractivity contribution in [2.75, 3.05) is 20.8 Å². The molecule has 0 saturated heterocycles. The summed E-state index contributed by atoms with van der Waals surface area (Å²) in [6.45, 7) is 0.211. The third-order valence-corrected chi connectivity index (χ3v) is 2.77. The predicted molar refractivity (Wildman–Crippen MR) is 53.1 cm³/mol. The molecule has 0 heterocycles. The van der Waals surface area contributed by atoms with Gasteiger partial charge in [-0.1, -0.05) is 0 Å². The fraction of sp³-hybridized carbons (Fsp3) is 0.455. The van der Waals surface area contributed by atoms with E-state index < -0.39 is 0 Å². The lowest BCUT2D eigenvalue weighted by Gasteiger charge is -2.29. The number of aliphatic hydroxyl groups is 1. The van der Waals surface area contributed by atoms with E-state index in [2.05, 4.69) is 0 Å². The van der Waals surface area contributed by atoms with Crippen LogP contribution in [0.3, 0.4) is 0 Å². The number of hydrogen-bond acceptors (Lipinski definition) is 3. The summed E-state index contributed by atoms with van der Waals surface area (Å²) in [6.07, 6.45) is 0.937. The zero-order valence-corrected chi connectivity index (χ0v) is 8.41. The molecule has 76 valence electrons. The second-order valence-corrected chi connectivity index (χ2v) is 3.49. The maximum atomic E-state index is 9.05. The van der Waals surface area contributed by atoms with E-state index in [4.69, 9.17) is 14.6 Å². The van der Waals surface area contributed by atoms with Crippen molar-refractivity contribution < 1.29 is 14.6 Å². The summed E-state index contributed by atoms with van der Waals surface area (Å²) in [5.41, 5.74) is 2.44. The van der Waals surface area contributed by atoms with Gasteiger partial charge in [-0.2, -0.15) is 0 Å². The van der Waals surface area contributed by atoms with Gasteiger partial charge in [0.1, 0.15) is 0 Å². The molecule has 0 aromatic heterocycles. The molecule has 3 heteroatoms. The molecule has 0 fully saturated rings. The first-order valence-corrected chi connectivity index (χ1v) is 4.65. The number of hydrogen-bond donors (Lipinski definition) is 1. The van der Waals surface area contributed by atoms with Gasteiger partial charge in [-0.25, -0.2) is 0 Å². The van der Waals surface area contributed by atoms with Gasteiger partial charge >= 0.3 is 0 Å². The van der Waals surface area contributed by atoms with E-state index >= 15 is 0 Å². The molecule has 1 N–H and O–H groups in total. The van der Waals surface area contributed by atoms with Gasteiger partial charge in [0.2, 0.25) is 0 Å². The number of fused-ring (bicyclic) bond motifs is 1. The number of aliphatic hydroxyl groups excluding tert-OH is 1. The molecule has 0 aliphatic heterocycles. The molecule has 1 aliphatic carbocycles. The van der Waals surface area contributed by atoms with Crippen molar-refractivity contribution in [3.05, 3.63) is 23.3 Å². The minimum absolute atomic E-state index is 0.211. The molecule has 1 atom stereocenters. The van der Waals surface area contributed by atoms with Crippen molar-refractivity contribution in [2.45, 2.75) is 12.3 Å². The summed E-state index contributed by atoms with van der Waals surface area (Å²) < 4.78 is 10.4. The van der Waals surface area contributed by atoms with E-state index in [1.807, 2.05) is 12.1 Å². The molecule has 14 heavy (non-hydrogen) atoms. The molecule has 1 unspecified atom stereocenters.